The monoisotopic (exact) mass is 384 g/mol. The van der Waals surface area contributed by atoms with E-state index in [0.717, 1.165) is 37.6 Å². The molecule has 0 atom stereocenters. The molecule has 0 N–H and O–H groups in total. The number of benzene rings is 2. The molecule has 120 valence electrons. The third-order valence-electron chi connectivity index (χ3n) is 4.14. The van der Waals surface area contributed by atoms with Crippen molar-refractivity contribution in [1.29, 1.82) is 10.5 Å². The maximum atomic E-state index is 13.6. The first kappa shape index (κ1) is 16.3. The van der Waals surface area contributed by atoms with E-state index in [0.29, 0.717) is 15.6 Å². The second-order valence-electron chi connectivity index (χ2n) is 5.53. The predicted octanol–water partition coefficient (Wildman–Crippen LogP) is 3.66. The molecule has 2 aromatic rings. The van der Waals surface area contributed by atoms with E-state index in [9.17, 15) is 9.65 Å². The Balaban J connectivity index is 1.74. The zero-order valence-electron chi connectivity index (χ0n) is 12.8. The molecule has 24 heavy (non-hydrogen) atoms. The molecule has 0 aliphatic carbocycles. The number of nitrogens with zero attached hydrogens (tertiary/aromatic N) is 4. The molecule has 3 rings (SSSR count). The van der Waals surface area contributed by atoms with Crippen molar-refractivity contribution in [3.05, 3.63) is 57.8 Å². The molecular weight excluding hydrogens is 371 g/mol. The summed E-state index contributed by atoms with van der Waals surface area (Å²) >= 11 is 3.19. The zero-order chi connectivity index (χ0) is 17.1. The minimum atomic E-state index is -0.425. The quantitative estimate of drug-likeness (QED) is 0.792. The Labute approximate surface area is 148 Å². The summed E-state index contributed by atoms with van der Waals surface area (Å²) in [7, 11) is 0. The molecule has 1 saturated heterocycles. The van der Waals surface area contributed by atoms with Crippen LogP contribution in [-0.4, -0.2) is 26.2 Å². The Morgan fingerprint density at radius 3 is 2.12 bits per heavy atom. The van der Waals surface area contributed by atoms with Gasteiger partial charge in [0.2, 0.25) is 0 Å². The lowest BCUT2D eigenvalue weighted by atomic mass is 10.1. The van der Waals surface area contributed by atoms with Gasteiger partial charge in [0.15, 0.2) is 0 Å². The molecule has 1 aliphatic rings. The van der Waals surface area contributed by atoms with Gasteiger partial charge in [-0.25, -0.2) is 4.39 Å². The van der Waals surface area contributed by atoms with Crippen LogP contribution >= 0.6 is 15.9 Å². The second-order valence-corrected chi connectivity index (χ2v) is 6.38. The lowest BCUT2D eigenvalue weighted by molar-refractivity contribution is 0.617. The fourth-order valence-electron chi connectivity index (χ4n) is 2.84. The van der Waals surface area contributed by atoms with Crippen LogP contribution in [0.15, 0.2) is 40.9 Å². The van der Waals surface area contributed by atoms with Crippen LogP contribution in [0.3, 0.4) is 0 Å². The van der Waals surface area contributed by atoms with Crippen molar-refractivity contribution in [2.24, 2.45) is 0 Å². The van der Waals surface area contributed by atoms with E-state index in [1.807, 2.05) is 24.3 Å². The van der Waals surface area contributed by atoms with E-state index < -0.39 is 5.82 Å². The standard InChI is InChI=1S/C18H14BrFN4/c19-16-10-18(14(12-22)9-17(16)20)24-7-5-23(6-8-24)15-3-1-13(11-21)2-4-15/h1-4,9-10H,5-8H2. The van der Waals surface area contributed by atoms with Gasteiger partial charge in [-0.1, -0.05) is 0 Å². The van der Waals surface area contributed by atoms with Crippen LogP contribution in [0, 0.1) is 28.5 Å². The molecule has 2 aromatic carbocycles. The molecule has 0 bridgehead atoms. The number of hydrogen-bond donors (Lipinski definition) is 0. The van der Waals surface area contributed by atoms with Gasteiger partial charge >= 0.3 is 0 Å². The van der Waals surface area contributed by atoms with Gasteiger partial charge in [-0.3, -0.25) is 0 Å². The van der Waals surface area contributed by atoms with E-state index in [1.165, 1.54) is 6.07 Å². The van der Waals surface area contributed by atoms with E-state index in [-0.39, 0.29) is 0 Å². The molecule has 0 spiro atoms. The Kier molecular flexibility index (Phi) is 4.69. The van der Waals surface area contributed by atoms with Crippen molar-refractivity contribution in [2.75, 3.05) is 36.0 Å². The Bertz CT molecular complexity index is 828. The van der Waals surface area contributed by atoms with E-state index >= 15 is 0 Å². The van der Waals surface area contributed by atoms with Crippen LogP contribution in [0.4, 0.5) is 15.8 Å². The highest BCUT2D eigenvalue weighted by molar-refractivity contribution is 9.10. The lowest BCUT2D eigenvalue weighted by Gasteiger charge is -2.37. The van der Waals surface area contributed by atoms with Gasteiger partial charge in [0, 0.05) is 31.9 Å². The van der Waals surface area contributed by atoms with Gasteiger partial charge in [-0.2, -0.15) is 10.5 Å². The first-order valence-corrected chi connectivity index (χ1v) is 8.31. The summed E-state index contributed by atoms with van der Waals surface area (Å²) in [5, 5.41) is 18.1. The topological polar surface area (TPSA) is 54.1 Å². The lowest BCUT2D eigenvalue weighted by Crippen LogP contribution is -2.46. The predicted molar refractivity (Wildman–Crippen MR) is 94.4 cm³/mol. The van der Waals surface area contributed by atoms with Crippen LogP contribution in [0.2, 0.25) is 0 Å². The minimum absolute atomic E-state index is 0.350. The number of rotatable bonds is 2. The number of nitriles is 2. The van der Waals surface area contributed by atoms with Crippen molar-refractivity contribution in [1.82, 2.24) is 0 Å². The Morgan fingerprint density at radius 1 is 0.917 bits per heavy atom. The van der Waals surface area contributed by atoms with Crippen LogP contribution in [0.5, 0.6) is 0 Å². The van der Waals surface area contributed by atoms with Crippen molar-refractivity contribution in [2.45, 2.75) is 0 Å². The van der Waals surface area contributed by atoms with Gasteiger partial charge in [-0.15, -0.1) is 0 Å². The minimum Gasteiger partial charge on any atom is -0.368 e. The first-order valence-electron chi connectivity index (χ1n) is 7.51. The van der Waals surface area contributed by atoms with E-state index in [2.05, 4.69) is 37.9 Å². The molecule has 0 unspecified atom stereocenters. The van der Waals surface area contributed by atoms with Crippen LogP contribution in [0.25, 0.3) is 0 Å². The normalized spacial score (nSPS) is 14.2. The fraction of sp³-hybridized carbons (Fsp3) is 0.222. The maximum Gasteiger partial charge on any atom is 0.138 e. The SMILES string of the molecule is N#Cc1ccc(N2CCN(c3cc(Br)c(F)cc3C#N)CC2)cc1. The Morgan fingerprint density at radius 2 is 1.54 bits per heavy atom. The third-order valence-corrected chi connectivity index (χ3v) is 4.75. The van der Waals surface area contributed by atoms with Crippen LogP contribution in [0.1, 0.15) is 11.1 Å². The van der Waals surface area contributed by atoms with Gasteiger partial charge in [0.25, 0.3) is 0 Å². The van der Waals surface area contributed by atoms with Crippen molar-refractivity contribution in [3.63, 3.8) is 0 Å². The molecule has 0 amide bonds. The van der Waals surface area contributed by atoms with Crippen LogP contribution < -0.4 is 9.80 Å². The molecule has 1 aliphatic heterocycles. The summed E-state index contributed by atoms with van der Waals surface area (Å²) in [5.74, 6) is -0.425. The maximum absolute atomic E-state index is 13.6. The molecule has 1 fully saturated rings. The third kappa shape index (κ3) is 3.20. The summed E-state index contributed by atoms with van der Waals surface area (Å²) < 4.78 is 14.0. The van der Waals surface area contributed by atoms with Gasteiger partial charge < -0.3 is 9.80 Å². The number of piperazine rings is 1. The first-order chi connectivity index (χ1) is 11.6. The number of anilines is 2. The Hall–Kier alpha value is -2.57. The van der Waals surface area contributed by atoms with E-state index in [4.69, 9.17) is 5.26 Å². The molecule has 6 heteroatoms. The highest BCUT2D eigenvalue weighted by Crippen LogP contribution is 2.29. The largest absolute Gasteiger partial charge is 0.368 e. The molecule has 0 saturated carbocycles. The summed E-state index contributed by atoms with van der Waals surface area (Å²) in [6, 6.07) is 14.6. The average Bonchev–Trinajstić information content (AvgIpc) is 2.64. The summed E-state index contributed by atoms with van der Waals surface area (Å²) in [5.41, 5.74) is 2.83. The molecular formula is C18H14BrFN4. The van der Waals surface area contributed by atoms with Crippen molar-refractivity contribution >= 4 is 27.3 Å². The van der Waals surface area contributed by atoms with Crippen LogP contribution in [-0.2, 0) is 0 Å². The number of hydrogen-bond acceptors (Lipinski definition) is 4. The fourth-order valence-corrected chi connectivity index (χ4v) is 3.17. The zero-order valence-corrected chi connectivity index (χ0v) is 14.4. The molecule has 0 radical (unpaired) electrons. The highest BCUT2D eigenvalue weighted by Gasteiger charge is 2.21. The van der Waals surface area contributed by atoms with Crippen molar-refractivity contribution < 1.29 is 4.39 Å². The summed E-state index contributed by atoms with van der Waals surface area (Å²) in [6.45, 7) is 3.08. The summed E-state index contributed by atoms with van der Waals surface area (Å²) in [6.07, 6.45) is 0. The van der Waals surface area contributed by atoms with Gasteiger partial charge in [0.05, 0.1) is 27.4 Å². The molecule has 0 aromatic heterocycles. The van der Waals surface area contributed by atoms with Crippen molar-refractivity contribution in [3.8, 4) is 12.1 Å². The van der Waals surface area contributed by atoms with E-state index in [1.54, 1.807) is 6.07 Å². The highest BCUT2D eigenvalue weighted by atomic mass is 79.9. The second kappa shape index (κ2) is 6.90. The smallest absolute Gasteiger partial charge is 0.138 e. The summed E-state index contributed by atoms with van der Waals surface area (Å²) in [4.78, 5) is 4.34. The van der Waals surface area contributed by atoms with Gasteiger partial charge in [-0.05, 0) is 52.3 Å². The molecule has 1 heterocycles. The molecule has 4 nitrogen and oxygen atoms in total. The average molecular weight is 385 g/mol. The number of halogens is 2. The van der Waals surface area contributed by atoms with Gasteiger partial charge in [0.1, 0.15) is 11.9 Å².